The van der Waals surface area contributed by atoms with Crippen LogP contribution in [-0.2, 0) is 9.22 Å². The van der Waals surface area contributed by atoms with Crippen LogP contribution in [0.2, 0.25) is 19.6 Å². The molecule has 1 radical (unpaired) electrons. The molecule has 4 heteroatoms. The Morgan fingerprint density at radius 1 is 1.60 bits per heavy atom. The van der Waals surface area contributed by atoms with Crippen molar-refractivity contribution in [1.29, 1.82) is 0 Å². The fourth-order valence-electron chi connectivity index (χ4n) is 0.361. The molecule has 0 aliphatic heterocycles. The van der Waals surface area contributed by atoms with E-state index in [1.54, 1.807) is 0 Å². The third kappa shape index (κ3) is 8.69. The van der Waals surface area contributed by atoms with E-state index in [-0.39, 0.29) is 29.6 Å². The van der Waals surface area contributed by atoms with E-state index < -0.39 is 20.7 Å². The molecule has 0 N–H and O–H groups in total. The van der Waals surface area contributed by atoms with Crippen molar-refractivity contribution in [2.45, 2.75) is 33.0 Å². The van der Waals surface area contributed by atoms with Crippen molar-refractivity contribution in [3.63, 3.8) is 0 Å². The molecule has 0 aromatic rings. The average Bonchev–Trinajstić information content (AvgIpc) is 1.60. The van der Waals surface area contributed by atoms with E-state index in [9.17, 15) is 4.79 Å². The van der Waals surface area contributed by atoms with Gasteiger partial charge in [0, 0.05) is 37.3 Å². The second-order valence-electron chi connectivity index (χ2n) is 2.82. The maximum absolute atomic E-state index is 10.8. The minimum absolute atomic E-state index is 0. The molecular weight excluding hydrogens is 155 g/mol. The van der Waals surface area contributed by atoms with E-state index in [2.05, 4.69) is 0 Å². The Balaban J connectivity index is 0. The zero-order valence-corrected chi connectivity index (χ0v) is 10.4. The summed E-state index contributed by atoms with van der Waals surface area (Å²) in [6.07, 6.45) is -0.744. The number of rotatable bonds is 2. The monoisotopic (exact) mass is 170 g/mol. The summed E-state index contributed by atoms with van der Waals surface area (Å²) in [6, 6.07) is 0. The van der Waals surface area contributed by atoms with Gasteiger partial charge in [0.15, 0.2) is 0 Å². The van der Waals surface area contributed by atoms with Crippen LogP contribution in [0.1, 0.15) is 14.7 Å². The van der Waals surface area contributed by atoms with Gasteiger partial charge in [-0.1, -0.05) is 6.92 Å². The van der Waals surface area contributed by atoms with Gasteiger partial charge in [-0.25, -0.2) is 0 Å². The summed E-state index contributed by atoms with van der Waals surface area (Å²) >= 11 is 0. The van der Waals surface area contributed by atoms with E-state index in [4.69, 9.17) is 5.80 Å². The molecule has 0 spiro atoms. The third-order valence-corrected chi connectivity index (χ3v) is 1.46. The Hall–Kier alpha value is 0.687. The van der Waals surface area contributed by atoms with Gasteiger partial charge in [-0.15, -0.1) is 0 Å². The van der Waals surface area contributed by atoms with Gasteiger partial charge in [0.2, 0.25) is 8.32 Å². The van der Waals surface area contributed by atoms with Crippen molar-refractivity contribution < 1.29 is 10.6 Å². The zero-order valence-electron chi connectivity index (χ0n) is 8.39. The molecule has 0 heterocycles. The van der Waals surface area contributed by atoms with Crippen LogP contribution in [0.25, 0.3) is 0 Å². The van der Waals surface area contributed by atoms with Crippen LogP contribution in [-0.4, -0.2) is 43.8 Å². The molecular formula is C6H14NaO2Si. The van der Waals surface area contributed by atoms with Crippen LogP contribution in [0.3, 0.4) is 0 Å². The summed E-state index contributed by atoms with van der Waals surface area (Å²) in [5, 5.41) is 0. The summed E-state index contributed by atoms with van der Waals surface area (Å²) in [5.74, 6) is -0.404. The Morgan fingerprint density at radius 2 is 2.00 bits per heavy atom. The summed E-state index contributed by atoms with van der Waals surface area (Å²) in [5.41, 5.74) is 0. The van der Waals surface area contributed by atoms with Crippen LogP contribution < -0.4 is 0 Å². The topological polar surface area (TPSA) is 26.3 Å². The number of hydrogen-bond donors (Lipinski definition) is 0. The predicted molar refractivity (Wildman–Crippen MR) is 45.5 cm³/mol. The Labute approximate surface area is 87.2 Å². The molecule has 0 saturated carbocycles. The summed E-state index contributed by atoms with van der Waals surface area (Å²) in [7, 11) is -1.75. The molecule has 0 fully saturated rings. The minimum Gasteiger partial charge on any atom is -0.520 e. The van der Waals surface area contributed by atoms with Crippen LogP contribution in [0.15, 0.2) is 0 Å². The Bertz CT molecular complexity index is 133. The number of carbonyl (C=O) groups excluding carboxylic acids is 1. The molecule has 0 bridgehead atoms. The van der Waals surface area contributed by atoms with E-state index in [1.807, 2.05) is 19.6 Å². The molecule has 0 aromatic heterocycles. The molecule has 0 saturated heterocycles. The number of carbonyl (C=O) groups is 1. The molecule has 1 unspecified atom stereocenters. The molecule has 1 atom stereocenters. The van der Waals surface area contributed by atoms with Crippen molar-refractivity contribution >= 4 is 43.8 Å². The normalized spacial score (nSPS) is 14.6. The van der Waals surface area contributed by atoms with Crippen molar-refractivity contribution in [2.24, 2.45) is 0 Å². The molecule has 55 valence electrons. The second kappa shape index (κ2) is 5.35. The molecule has 0 amide bonds. The van der Waals surface area contributed by atoms with E-state index >= 15 is 0 Å². The first kappa shape index (κ1) is 10.7. The van der Waals surface area contributed by atoms with Crippen LogP contribution in [0, 0.1) is 0 Å². The average molecular weight is 170 g/mol. The summed E-state index contributed by atoms with van der Waals surface area (Å²) < 4.78 is 12.0. The van der Waals surface area contributed by atoms with Crippen LogP contribution in [0.5, 0.6) is 0 Å². The quantitative estimate of drug-likeness (QED) is 0.585. The van der Waals surface area contributed by atoms with Crippen LogP contribution in [0.4, 0.5) is 0 Å². The maximum Gasteiger partial charge on any atom is 0.292 e. The third-order valence-electron chi connectivity index (χ3n) is 0.642. The number of hydrogen-bond acceptors (Lipinski definition) is 2. The summed E-state index contributed by atoms with van der Waals surface area (Å²) in [6.45, 7) is 7.29. The van der Waals surface area contributed by atoms with Gasteiger partial charge in [-0.2, -0.15) is 0 Å². The van der Waals surface area contributed by atoms with Gasteiger partial charge >= 0.3 is 0 Å². The maximum atomic E-state index is 10.8. The van der Waals surface area contributed by atoms with Crippen molar-refractivity contribution in [3.8, 4) is 0 Å². The molecule has 0 aliphatic rings. The zero-order chi connectivity index (χ0) is 8.36. The fraction of sp³-hybridized carbons (Fsp3) is 0.833. The smallest absolute Gasteiger partial charge is 0.292 e. The van der Waals surface area contributed by atoms with Crippen molar-refractivity contribution in [1.82, 2.24) is 0 Å². The van der Waals surface area contributed by atoms with Gasteiger partial charge in [0.1, 0.15) is 0 Å². The van der Waals surface area contributed by atoms with E-state index in [1.165, 1.54) is 6.92 Å². The van der Waals surface area contributed by atoms with Gasteiger partial charge < -0.3 is 4.43 Å². The van der Waals surface area contributed by atoms with Gasteiger partial charge in [0.05, 0.1) is 0 Å². The second-order valence-corrected chi connectivity index (χ2v) is 7.25. The summed E-state index contributed by atoms with van der Waals surface area (Å²) in [4.78, 5) is 10.8. The standard InChI is InChI=1S/C6H14O2Si.Na/c1-5-6(7)8-9(2,3)4;/h5H2,1-4H3;/i5D;. The van der Waals surface area contributed by atoms with Gasteiger partial charge in [-0.05, 0) is 19.6 Å². The first-order chi connectivity index (χ1) is 4.33. The predicted octanol–water partition coefficient (Wildman–Crippen LogP) is 1.39. The van der Waals surface area contributed by atoms with Crippen LogP contribution >= 0.6 is 0 Å². The minimum atomic E-state index is -1.75. The Morgan fingerprint density at radius 3 is 2.10 bits per heavy atom. The molecule has 0 aliphatic carbocycles. The SMILES string of the molecule is [2H]C(C)C(=O)O[Si](C)(C)C.[Na]. The van der Waals surface area contributed by atoms with Gasteiger partial charge in [0.25, 0.3) is 5.97 Å². The first-order valence-corrected chi connectivity index (χ1v) is 6.39. The molecule has 0 rings (SSSR count). The largest absolute Gasteiger partial charge is 0.520 e. The fourth-order valence-corrected chi connectivity index (χ4v) is 1.08. The molecule has 0 aromatic carbocycles. The first-order valence-electron chi connectivity index (χ1n) is 3.56. The van der Waals surface area contributed by atoms with E-state index in [0.717, 1.165) is 0 Å². The van der Waals surface area contributed by atoms with Crippen molar-refractivity contribution in [3.05, 3.63) is 0 Å². The van der Waals surface area contributed by atoms with E-state index in [0.29, 0.717) is 0 Å². The molecule has 10 heavy (non-hydrogen) atoms. The Kier molecular flexibility index (Phi) is 5.72. The molecule has 2 nitrogen and oxygen atoms in total. The van der Waals surface area contributed by atoms with Crippen molar-refractivity contribution in [2.75, 3.05) is 0 Å². The van der Waals surface area contributed by atoms with Gasteiger partial charge in [-0.3, -0.25) is 4.79 Å².